The minimum atomic E-state index is -0.502. The van der Waals surface area contributed by atoms with Crippen molar-refractivity contribution in [2.45, 2.75) is 6.10 Å². The lowest BCUT2D eigenvalue weighted by Crippen LogP contribution is -2.56. The third kappa shape index (κ3) is 2.56. The van der Waals surface area contributed by atoms with E-state index in [0.717, 1.165) is 0 Å². The largest absolute Gasteiger partial charge is 0.487 e. The topological polar surface area (TPSA) is 48.0 Å². The number of halogens is 1. The molecule has 0 radical (unpaired) electrons. The first-order chi connectivity index (χ1) is 11.2. The Balaban J connectivity index is 1.37. The van der Waals surface area contributed by atoms with Crippen LogP contribution in [0.1, 0.15) is 10.4 Å². The molecule has 0 spiro atoms. The maximum absolute atomic E-state index is 13.6. The van der Waals surface area contributed by atoms with E-state index < -0.39 is 5.82 Å². The summed E-state index contributed by atoms with van der Waals surface area (Å²) in [6.07, 6.45) is -0.105. The lowest BCUT2D eigenvalue weighted by Gasteiger charge is -2.39. The predicted molar refractivity (Wildman–Crippen MR) is 79.3 cm³/mol. The zero-order chi connectivity index (χ0) is 15.8. The van der Waals surface area contributed by atoms with E-state index in [1.807, 2.05) is 0 Å². The number of fused-ring (bicyclic) bond motifs is 1. The molecule has 23 heavy (non-hydrogen) atoms. The smallest absolute Gasteiger partial charge is 0.257 e. The zero-order valence-electron chi connectivity index (χ0n) is 12.2. The molecule has 5 nitrogen and oxygen atoms in total. The molecule has 4 rings (SSSR count). The van der Waals surface area contributed by atoms with E-state index >= 15 is 0 Å². The lowest BCUT2D eigenvalue weighted by molar-refractivity contribution is 0.0174. The Morgan fingerprint density at radius 1 is 1.13 bits per heavy atom. The highest BCUT2D eigenvalue weighted by molar-refractivity contribution is 5.95. The van der Waals surface area contributed by atoms with E-state index in [4.69, 9.17) is 14.2 Å². The van der Waals surface area contributed by atoms with Crippen LogP contribution in [-0.4, -0.2) is 36.8 Å². The molecule has 1 fully saturated rings. The third-order valence-corrected chi connectivity index (χ3v) is 3.89. The van der Waals surface area contributed by atoms with Gasteiger partial charge in [0.1, 0.15) is 17.7 Å². The van der Waals surface area contributed by atoms with Crippen LogP contribution >= 0.6 is 0 Å². The van der Waals surface area contributed by atoms with Crippen LogP contribution in [0.4, 0.5) is 4.39 Å². The molecule has 2 aromatic carbocycles. The molecule has 0 saturated carbocycles. The molecule has 2 heterocycles. The Labute approximate surface area is 132 Å². The van der Waals surface area contributed by atoms with Gasteiger partial charge in [-0.2, -0.15) is 0 Å². The van der Waals surface area contributed by atoms with Gasteiger partial charge in [0.05, 0.1) is 18.7 Å². The molecule has 118 valence electrons. The molecule has 2 aromatic rings. The molecule has 6 heteroatoms. The molecule has 1 amide bonds. The van der Waals surface area contributed by atoms with Crippen molar-refractivity contribution in [2.75, 3.05) is 19.9 Å². The number of rotatable bonds is 3. The summed E-state index contributed by atoms with van der Waals surface area (Å²) in [5, 5.41) is 0. The van der Waals surface area contributed by atoms with Crippen molar-refractivity contribution in [3.05, 3.63) is 53.8 Å². The van der Waals surface area contributed by atoms with Gasteiger partial charge in [-0.3, -0.25) is 4.79 Å². The van der Waals surface area contributed by atoms with Crippen molar-refractivity contribution in [1.29, 1.82) is 0 Å². The molecular formula is C17H14FNO4. The van der Waals surface area contributed by atoms with E-state index in [-0.39, 0.29) is 24.4 Å². The number of carbonyl (C=O) groups is 1. The number of amides is 1. The Kier molecular flexibility index (Phi) is 3.29. The Morgan fingerprint density at radius 3 is 2.74 bits per heavy atom. The maximum atomic E-state index is 13.6. The summed E-state index contributed by atoms with van der Waals surface area (Å²) in [4.78, 5) is 13.8. The van der Waals surface area contributed by atoms with Gasteiger partial charge >= 0.3 is 0 Å². The van der Waals surface area contributed by atoms with Crippen LogP contribution in [0.3, 0.4) is 0 Å². The minimum absolute atomic E-state index is 0.0917. The summed E-state index contributed by atoms with van der Waals surface area (Å²) in [6.45, 7) is 1.08. The highest BCUT2D eigenvalue weighted by Gasteiger charge is 2.34. The molecule has 0 unspecified atom stereocenters. The molecule has 2 aliphatic heterocycles. The second kappa shape index (κ2) is 5.46. The minimum Gasteiger partial charge on any atom is -0.487 e. The van der Waals surface area contributed by atoms with E-state index in [1.54, 1.807) is 35.2 Å². The molecule has 0 atom stereocenters. The summed E-state index contributed by atoms with van der Waals surface area (Å²) in [6, 6.07) is 11.3. The molecular weight excluding hydrogens is 301 g/mol. The highest BCUT2D eigenvalue weighted by atomic mass is 19.1. The van der Waals surface area contributed by atoms with Crippen molar-refractivity contribution in [3.8, 4) is 17.2 Å². The van der Waals surface area contributed by atoms with Crippen molar-refractivity contribution < 1.29 is 23.4 Å². The van der Waals surface area contributed by atoms with Gasteiger partial charge in [0, 0.05) is 6.07 Å². The monoisotopic (exact) mass is 315 g/mol. The number of benzene rings is 2. The van der Waals surface area contributed by atoms with Crippen molar-refractivity contribution in [2.24, 2.45) is 0 Å². The maximum Gasteiger partial charge on any atom is 0.257 e. The fourth-order valence-electron chi connectivity index (χ4n) is 2.63. The summed E-state index contributed by atoms with van der Waals surface area (Å²) < 4.78 is 30.0. The summed E-state index contributed by atoms with van der Waals surface area (Å²) in [5.74, 6) is 1.20. The first-order valence-electron chi connectivity index (χ1n) is 7.31. The molecule has 0 aliphatic carbocycles. The Bertz CT molecular complexity index is 758. The lowest BCUT2D eigenvalue weighted by atomic mass is 10.1. The molecule has 2 aliphatic rings. The average molecular weight is 315 g/mol. The van der Waals surface area contributed by atoms with Gasteiger partial charge in [-0.05, 0) is 24.3 Å². The van der Waals surface area contributed by atoms with Gasteiger partial charge in [-0.15, -0.1) is 0 Å². The fraction of sp³-hybridized carbons (Fsp3) is 0.235. The van der Waals surface area contributed by atoms with Gasteiger partial charge in [0.25, 0.3) is 5.91 Å². The van der Waals surface area contributed by atoms with Gasteiger partial charge in [-0.25, -0.2) is 4.39 Å². The van der Waals surface area contributed by atoms with Crippen LogP contribution in [0.2, 0.25) is 0 Å². The van der Waals surface area contributed by atoms with E-state index in [1.165, 1.54) is 12.1 Å². The summed E-state index contributed by atoms with van der Waals surface area (Å²) in [7, 11) is 0. The standard InChI is InChI=1S/C17H14FNO4/c18-14-4-2-1-3-13(14)17(20)19-8-12(9-19)23-11-5-6-15-16(7-11)22-10-21-15/h1-7,12H,8-10H2. The average Bonchev–Trinajstić information content (AvgIpc) is 2.98. The van der Waals surface area contributed by atoms with Gasteiger partial charge < -0.3 is 19.1 Å². The van der Waals surface area contributed by atoms with Crippen LogP contribution < -0.4 is 14.2 Å². The summed E-state index contributed by atoms with van der Waals surface area (Å²) in [5.41, 5.74) is 0.0917. The van der Waals surface area contributed by atoms with E-state index in [2.05, 4.69) is 0 Å². The highest BCUT2D eigenvalue weighted by Crippen LogP contribution is 2.35. The van der Waals surface area contributed by atoms with Crippen molar-refractivity contribution in [3.63, 3.8) is 0 Å². The van der Waals surface area contributed by atoms with E-state index in [0.29, 0.717) is 30.3 Å². The first kappa shape index (κ1) is 13.9. The molecule has 1 saturated heterocycles. The second-order valence-corrected chi connectivity index (χ2v) is 5.44. The van der Waals surface area contributed by atoms with Crippen LogP contribution in [0.25, 0.3) is 0 Å². The van der Waals surface area contributed by atoms with Gasteiger partial charge in [0.15, 0.2) is 11.5 Å². The molecule has 0 bridgehead atoms. The van der Waals surface area contributed by atoms with Crippen LogP contribution in [0.5, 0.6) is 17.2 Å². The van der Waals surface area contributed by atoms with Crippen LogP contribution in [0, 0.1) is 5.82 Å². The number of hydrogen-bond donors (Lipinski definition) is 0. The van der Waals surface area contributed by atoms with Crippen molar-refractivity contribution >= 4 is 5.91 Å². The second-order valence-electron chi connectivity index (χ2n) is 5.44. The van der Waals surface area contributed by atoms with Gasteiger partial charge in [0.2, 0.25) is 6.79 Å². The normalized spacial score (nSPS) is 16.1. The number of carbonyl (C=O) groups excluding carboxylic acids is 1. The first-order valence-corrected chi connectivity index (χ1v) is 7.31. The zero-order valence-corrected chi connectivity index (χ0v) is 12.2. The van der Waals surface area contributed by atoms with Crippen LogP contribution in [0.15, 0.2) is 42.5 Å². The van der Waals surface area contributed by atoms with Crippen molar-refractivity contribution in [1.82, 2.24) is 4.90 Å². The van der Waals surface area contributed by atoms with Crippen LogP contribution in [-0.2, 0) is 0 Å². The number of ether oxygens (including phenoxy) is 3. The third-order valence-electron chi connectivity index (χ3n) is 3.89. The summed E-state index contributed by atoms with van der Waals surface area (Å²) >= 11 is 0. The van der Waals surface area contributed by atoms with Gasteiger partial charge in [-0.1, -0.05) is 12.1 Å². The number of hydrogen-bond acceptors (Lipinski definition) is 4. The number of nitrogens with zero attached hydrogens (tertiary/aromatic N) is 1. The quantitative estimate of drug-likeness (QED) is 0.873. The number of likely N-dealkylation sites (tertiary alicyclic amines) is 1. The molecule has 0 N–H and O–H groups in total. The Morgan fingerprint density at radius 2 is 1.91 bits per heavy atom. The fourth-order valence-corrected chi connectivity index (χ4v) is 2.63. The predicted octanol–water partition coefficient (Wildman–Crippen LogP) is 2.46. The Hall–Kier alpha value is -2.76. The molecule has 0 aromatic heterocycles. The SMILES string of the molecule is O=C(c1ccccc1F)N1CC(Oc2ccc3c(c2)OCO3)C1. The van der Waals surface area contributed by atoms with E-state index in [9.17, 15) is 9.18 Å².